The average Bonchev–Trinajstić information content (AvgIpc) is 3.29. The van der Waals surface area contributed by atoms with Crippen molar-refractivity contribution >= 4 is 5.97 Å². The Hall–Kier alpha value is -1.46. The van der Waals surface area contributed by atoms with E-state index in [9.17, 15) is 19.4 Å². The number of carboxylic acid groups (broad SMARTS) is 1. The van der Waals surface area contributed by atoms with Crippen LogP contribution in [0.25, 0.3) is 0 Å². The van der Waals surface area contributed by atoms with Crippen LogP contribution in [0.3, 0.4) is 0 Å². The summed E-state index contributed by atoms with van der Waals surface area (Å²) in [5.41, 5.74) is 0.242. The maximum absolute atomic E-state index is 12.9. The van der Waals surface area contributed by atoms with Crippen LogP contribution < -0.4 is 0 Å². The third-order valence-electron chi connectivity index (χ3n) is 5.12. The molecule has 2 N–H and O–H groups in total. The van der Waals surface area contributed by atoms with Crippen LogP contribution in [0.5, 0.6) is 0 Å². The van der Waals surface area contributed by atoms with Gasteiger partial charge in [-0.15, -0.1) is 0 Å². The molecule has 1 aliphatic carbocycles. The monoisotopic (exact) mass is 307 g/mol. The predicted octanol–water partition coefficient (Wildman–Crippen LogP) is 2.44. The Morgan fingerprint density at radius 1 is 1.27 bits per heavy atom. The molecule has 1 aromatic carbocycles. The van der Waals surface area contributed by atoms with E-state index in [2.05, 4.69) is 4.90 Å². The molecule has 1 atom stereocenters. The molecule has 1 saturated heterocycles. The number of hydrogen-bond acceptors (Lipinski definition) is 3. The molecule has 1 saturated carbocycles. The first kappa shape index (κ1) is 15.4. The van der Waals surface area contributed by atoms with E-state index in [4.69, 9.17) is 0 Å². The Balaban J connectivity index is 1.53. The fraction of sp³-hybridized carbons (Fsp3) is 0.588. The summed E-state index contributed by atoms with van der Waals surface area (Å²) in [7, 11) is 0. The number of halogens is 1. The van der Waals surface area contributed by atoms with Crippen molar-refractivity contribution in [3.8, 4) is 0 Å². The van der Waals surface area contributed by atoms with Gasteiger partial charge in [-0.2, -0.15) is 0 Å². The van der Waals surface area contributed by atoms with E-state index in [1.54, 1.807) is 12.1 Å². The van der Waals surface area contributed by atoms with Gasteiger partial charge in [0.2, 0.25) is 0 Å². The highest BCUT2D eigenvalue weighted by Gasteiger charge is 2.51. The molecule has 120 valence electrons. The smallest absolute Gasteiger partial charge is 0.310 e. The van der Waals surface area contributed by atoms with Gasteiger partial charge in [0.05, 0.1) is 11.5 Å². The first-order valence-electron chi connectivity index (χ1n) is 7.89. The van der Waals surface area contributed by atoms with Gasteiger partial charge in [-0.25, -0.2) is 4.39 Å². The quantitative estimate of drug-likeness (QED) is 0.877. The molecule has 1 aliphatic heterocycles. The van der Waals surface area contributed by atoms with Crippen LogP contribution in [0.4, 0.5) is 4.39 Å². The van der Waals surface area contributed by atoms with Gasteiger partial charge in [0.15, 0.2) is 0 Å². The molecule has 22 heavy (non-hydrogen) atoms. The summed E-state index contributed by atoms with van der Waals surface area (Å²) in [6.07, 6.45) is 2.67. The number of aliphatic carboxylic acids is 1. The lowest BCUT2D eigenvalue weighted by Crippen LogP contribution is -2.41. The zero-order valence-corrected chi connectivity index (χ0v) is 12.5. The normalized spacial score (nSPS) is 23.2. The summed E-state index contributed by atoms with van der Waals surface area (Å²) < 4.78 is 12.9. The van der Waals surface area contributed by atoms with Crippen LogP contribution in [0.1, 0.15) is 37.4 Å². The minimum absolute atomic E-state index is 0.154. The zero-order chi connectivity index (χ0) is 15.7. The van der Waals surface area contributed by atoms with Crippen molar-refractivity contribution in [2.75, 3.05) is 19.6 Å². The maximum atomic E-state index is 12.9. The van der Waals surface area contributed by atoms with E-state index < -0.39 is 17.5 Å². The van der Waals surface area contributed by atoms with Gasteiger partial charge in [0.1, 0.15) is 5.82 Å². The number of likely N-dealkylation sites (tertiary alicyclic amines) is 1. The van der Waals surface area contributed by atoms with Crippen LogP contribution in [0, 0.1) is 17.2 Å². The van der Waals surface area contributed by atoms with Crippen molar-refractivity contribution in [1.29, 1.82) is 0 Å². The molecule has 3 rings (SSSR count). The Morgan fingerprint density at radius 3 is 2.36 bits per heavy atom. The molecule has 1 aromatic rings. The van der Waals surface area contributed by atoms with Crippen molar-refractivity contribution in [1.82, 2.24) is 4.90 Å². The van der Waals surface area contributed by atoms with Gasteiger partial charge in [-0.1, -0.05) is 12.1 Å². The number of piperidine rings is 1. The molecule has 0 radical (unpaired) electrons. The van der Waals surface area contributed by atoms with Gasteiger partial charge >= 0.3 is 5.97 Å². The number of benzene rings is 1. The third kappa shape index (κ3) is 3.15. The van der Waals surface area contributed by atoms with Crippen molar-refractivity contribution in [3.63, 3.8) is 0 Å². The lowest BCUT2D eigenvalue weighted by Gasteiger charge is -2.35. The van der Waals surface area contributed by atoms with Gasteiger partial charge < -0.3 is 15.1 Å². The van der Waals surface area contributed by atoms with Crippen LogP contribution >= 0.6 is 0 Å². The number of aliphatic hydroxyl groups is 1. The number of carboxylic acids is 1. The van der Waals surface area contributed by atoms with E-state index >= 15 is 0 Å². The summed E-state index contributed by atoms with van der Waals surface area (Å²) in [5, 5.41) is 19.7. The predicted molar refractivity (Wildman–Crippen MR) is 79.8 cm³/mol. The maximum Gasteiger partial charge on any atom is 0.310 e. The topological polar surface area (TPSA) is 60.8 Å². The number of hydrogen-bond donors (Lipinski definition) is 2. The highest BCUT2D eigenvalue weighted by molar-refractivity contribution is 5.78. The number of rotatable bonds is 5. The van der Waals surface area contributed by atoms with Crippen molar-refractivity contribution in [2.45, 2.75) is 31.8 Å². The second kappa shape index (κ2) is 5.97. The summed E-state index contributed by atoms with van der Waals surface area (Å²) in [6, 6.07) is 6.01. The van der Waals surface area contributed by atoms with Crippen LogP contribution in [-0.4, -0.2) is 40.7 Å². The Bertz CT molecular complexity index is 533. The molecule has 2 aliphatic rings. The molecule has 1 unspecified atom stereocenters. The molecule has 5 heteroatoms. The molecule has 0 spiro atoms. The fourth-order valence-corrected chi connectivity index (χ4v) is 3.38. The molecule has 1 heterocycles. The van der Waals surface area contributed by atoms with Gasteiger partial charge in [-0.3, -0.25) is 4.79 Å². The second-order valence-electron chi connectivity index (χ2n) is 6.70. The Labute approximate surface area is 129 Å². The Kier molecular flexibility index (Phi) is 4.19. The van der Waals surface area contributed by atoms with Gasteiger partial charge in [0, 0.05) is 6.54 Å². The summed E-state index contributed by atoms with van der Waals surface area (Å²) in [6.45, 7) is 2.26. The van der Waals surface area contributed by atoms with Gasteiger partial charge in [-0.05, 0) is 62.4 Å². The molecule has 0 bridgehead atoms. The van der Waals surface area contributed by atoms with Crippen molar-refractivity contribution in [2.24, 2.45) is 11.3 Å². The first-order chi connectivity index (χ1) is 10.5. The number of nitrogens with zero attached hydrogens (tertiary/aromatic N) is 1. The zero-order valence-electron chi connectivity index (χ0n) is 12.5. The summed E-state index contributed by atoms with van der Waals surface area (Å²) in [4.78, 5) is 13.4. The van der Waals surface area contributed by atoms with E-state index in [1.165, 1.54) is 12.1 Å². The standard InChI is InChI=1S/C17H22FNO3/c18-14-3-1-12(2-4-14)15(20)13-5-9-19(10-6-13)11-17(7-8-17)16(21)22/h1-4,13,15,20H,5-11H2,(H,21,22). The van der Waals surface area contributed by atoms with E-state index in [0.717, 1.165) is 44.3 Å². The minimum atomic E-state index is -0.680. The summed E-state index contributed by atoms with van der Waals surface area (Å²) >= 11 is 0. The first-order valence-corrected chi connectivity index (χ1v) is 7.89. The van der Waals surface area contributed by atoms with Crippen molar-refractivity contribution in [3.05, 3.63) is 35.6 Å². The molecule has 0 aromatic heterocycles. The minimum Gasteiger partial charge on any atom is -0.481 e. The van der Waals surface area contributed by atoms with E-state index in [-0.39, 0.29) is 11.7 Å². The number of carbonyl (C=O) groups is 1. The number of aliphatic hydroxyl groups excluding tert-OH is 1. The van der Waals surface area contributed by atoms with Crippen LogP contribution in [0.15, 0.2) is 24.3 Å². The molecular weight excluding hydrogens is 285 g/mol. The lowest BCUT2D eigenvalue weighted by molar-refractivity contribution is -0.144. The largest absolute Gasteiger partial charge is 0.481 e. The van der Waals surface area contributed by atoms with Crippen molar-refractivity contribution < 1.29 is 19.4 Å². The molecule has 4 nitrogen and oxygen atoms in total. The molecule has 2 fully saturated rings. The highest BCUT2D eigenvalue weighted by atomic mass is 19.1. The van der Waals surface area contributed by atoms with E-state index in [0.29, 0.717) is 6.54 Å². The lowest BCUT2D eigenvalue weighted by atomic mass is 9.87. The molecular formula is C17H22FNO3. The summed E-state index contributed by atoms with van der Waals surface area (Å²) in [5.74, 6) is -0.822. The molecule has 0 amide bonds. The third-order valence-corrected chi connectivity index (χ3v) is 5.12. The van der Waals surface area contributed by atoms with Crippen LogP contribution in [0.2, 0.25) is 0 Å². The SMILES string of the molecule is O=C(O)C1(CN2CCC(C(O)c3ccc(F)cc3)CC2)CC1. The fourth-order valence-electron chi connectivity index (χ4n) is 3.38. The highest BCUT2D eigenvalue weighted by Crippen LogP contribution is 2.47. The Morgan fingerprint density at radius 2 is 1.86 bits per heavy atom. The van der Waals surface area contributed by atoms with Gasteiger partial charge in [0.25, 0.3) is 0 Å². The van der Waals surface area contributed by atoms with E-state index in [1.807, 2.05) is 0 Å². The average molecular weight is 307 g/mol. The second-order valence-corrected chi connectivity index (χ2v) is 6.70. The van der Waals surface area contributed by atoms with Crippen LogP contribution in [-0.2, 0) is 4.79 Å².